The highest BCUT2D eigenvalue weighted by Crippen LogP contribution is 2.40. The molecule has 0 bridgehead atoms. The van der Waals surface area contributed by atoms with E-state index >= 15 is 0 Å². The molecule has 1 aliphatic heterocycles. The molecule has 0 aliphatic carbocycles. The van der Waals surface area contributed by atoms with Gasteiger partial charge in [0.1, 0.15) is 35.5 Å². The normalized spacial score (nSPS) is 25.1. The third kappa shape index (κ3) is 5.16. The molecule has 188 valence electrons. The van der Waals surface area contributed by atoms with E-state index in [0.717, 1.165) is 34.8 Å². The summed E-state index contributed by atoms with van der Waals surface area (Å²) in [6.07, 6.45) is -7.81. The summed E-state index contributed by atoms with van der Waals surface area (Å²) in [7, 11) is 0. The van der Waals surface area contributed by atoms with Crippen LogP contribution in [0.3, 0.4) is 0 Å². The van der Waals surface area contributed by atoms with Crippen LogP contribution in [0.5, 0.6) is 0 Å². The van der Waals surface area contributed by atoms with Crippen LogP contribution in [0.4, 0.5) is 26.3 Å². The molecule has 2 heterocycles. The molecular weight excluding hydrogens is 504 g/mol. The maximum atomic E-state index is 13.6. The van der Waals surface area contributed by atoms with Gasteiger partial charge in [-0.05, 0) is 30.3 Å². The fourth-order valence-electron chi connectivity index (χ4n) is 3.62. The minimum Gasteiger partial charge on any atom is -0.394 e. The Hall–Kier alpha value is -2.65. The van der Waals surface area contributed by atoms with Crippen LogP contribution in [0.15, 0.2) is 47.5 Å². The second-order valence-corrected chi connectivity index (χ2v) is 8.85. The van der Waals surface area contributed by atoms with Crippen LogP contribution in [-0.4, -0.2) is 60.7 Å². The average Bonchev–Trinajstić information content (AvgIpc) is 3.28. The highest BCUT2D eigenvalue weighted by Gasteiger charge is 2.46. The van der Waals surface area contributed by atoms with Crippen LogP contribution in [0.1, 0.15) is 11.6 Å². The summed E-state index contributed by atoms with van der Waals surface area (Å²) in [5, 5.41) is 38.7. The number of thioether (sulfide) groups is 1. The van der Waals surface area contributed by atoms with E-state index in [-0.39, 0.29) is 16.2 Å². The Kier molecular flexibility index (Phi) is 7.11. The van der Waals surface area contributed by atoms with Crippen molar-refractivity contribution in [1.29, 1.82) is 0 Å². The molecule has 0 saturated carbocycles. The molecule has 4 rings (SSSR count). The number of aliphatic hydroxyl groups excluding tert-OH is 3. The molecule has 2 aromatic carbocycles. The zero-order valence-corrected chi connectivity index (χ0v) is 18.2. The van der Waals surface area contributed by atoms with Crippen LogP contribution >= 0.6 is 11.8 Å². The molecule has 3 N–H and O–H groups in total. The number of rotatable bonds is 5. The molecule has 1 aromatic heterocycles. The number of nitrogens with zero attached hydrogens (tertiary/aromatic N) is 3. The second-order valence-electron chi connectivity index (χ2n) is 7.68. The summed E-state index contributed by atoms with van der Waals surface area (Å²) >= 11 is 0.734. The molecule has 35 heavy (non-hydrogen) atoms. The fourth-order valence-corrected chi connectivity index (χ4v) is 4.73. The molecule has 5 atom stereocenters. The number of aliphatic hydroxyl groups is 3. The van der Waals surface area contributed by atoms with Gasteiger partial charge in [-0.15, -0.1) is 5.10 Å². The first-order chi connectivity index (χ1) is 16.5. The summed E-state index contributed by atoms with van der Waals surface area (Å²) in [5.41, 5.74) is -2.44. The van der Waals surface area contributed by atoms with Gasteiger partial charge in [-0.3, -0.25) is 0 Å². The van der Waals surface area contributed by atoms with Crippen LogP contribution in [0.25, 0.3) is 11.3 Å². The van der Waals surface area contributed by atoms with Gasteiger partial charge in [0.05, 0.1) is 18.4 Å². The first-order valence-corrected chi connectivity index (χ1v) is 10.9. The monoisotopic (exact) mass is 521 g/mol. The van der Waals surface area contributed by atoms with Crippen molar-refractivity contribution in [3.63, 3.8) is 0 Å². The number of aromatic nitrogens is 3. The van der Waals surface area contributed by atoms with E-state index in [4.69, 9.17) is 4.74 Å². The van der Waals surface area contributed by atoms with E-state index in [2.05, 4.69) is 10.3 Å². The van der Waals surface area contributed by atoms with E-state index in [1.165, 1.54) is 12.1 Å². The number of halogens is 6. The van der Waals surface area contributed by atoms with Crippen molar-refractivity contribution < 1.29 is 46.4 Å². The molecule has 3 aromatic rings. The summed E-state index contributed by atoms with van der Waals surface area (Å²) in [6.45, 7) is -0.694. The fraction of sp³-hybridized carbons (Fsp3) is 0.333. The lowest BCUT2D eigenvalue weighted by atomic mass is 9.97. The van der Waals surface area contributed by atoms with Crippen LogP contribution in [0.2, 0.25) is 0 Å². The van der Waals surface area contributed by atoms with Gasteiger partial charge in [0.15, 0.2) is 17.5 Å². The standard InChI is InChI=1S/C21H17F6N3O4S/c22-12-4-9(5-13(23)16(12)24)14-7-30(29-28-14)17-18(32)15(8-31)34-20(19(17)33)35-11-3-1-2-10(6-11)21(25,26)27/h1-7,15,17-20,31-33H,8H2/t15-,17+,18+,19-,20-/m1/s1. The predicted molar refractivity (Wildman–Crippen MR) is 109 cm³/mol. The van der Waals surface area contributed by atoms with Gasteiger partial charge in [0.25, 0.3) is 0 Å². The van der Waals surface area contributed by atoms with Gasteiger partial charge < -0.3 is 20.1 Å². The molecule has 1 aliphatic rings. The highest BCUT2D eigenvalue weighted by atomic mass is 32.2. The van der Waals surface area contributed by atoms with Crippen molar-refractivity contribution in [1.82, 2.24) is 15.0 Å². The summed E-state index contributed by atoms with van der Waals surface area (Å²) in [4.78, 5) is 0.104. The maximum absolute atomic E-state index is 13.6. The van der Waals surface area contributed by atoms with Crippen molar-refractivity contribution in [3.05, 3.63) is 65.6 Å². The SMILES string of the molecule is OC[C@H]1O[C@H](Sc2cccc(C(F)(F)F)c2)[C@H](O)[C@@H](n2cc(-c3cc(F)c(F)c(F)c3)nn2)[C@H]1O. The lowest BCUT2D eigenvalue weighted by Gasteiger charge is -2.41. The summed E-state index contributed by atoms with van der Waals surface area (Å²) in [6, 6.07) is 4.36. The Labute approximate surface area is 198 Å². The minimum absolute atomic E-state index is 0.104. The van der Waals surface area contributed by atoms with Gasteiger partial charge in [-0.25, -0.2) is 17.9 Å². The third-order valence-electron chi connectivity index (χ3n) is 5.36. The molecule has 0 unspecified atom stereocenters. The van der Waals surface area contributed by atoms with Crippen LogP contribution in [0, 0.1) is 17.5 Å². The molecule has 0 spiro atoms. The topological polar surface area (TPSA) is 101 Å². The zero-order valence-electron chi connectivity index (χ0n) is 17.4. The van der Waals surface area contributed by atoms with Gasteiger partial charge in [0, 0.05) is 10.5 Å². The van der Waals surface area contributed by atoms with Crippen molar-refractivity contribution in [3.8, 4) is 11.3 Å². The zero-order chi connectivity index (χ0) is 25.5. The average molecular weight is 521 g/mol. The lowest BCUT2D eigenvalue weighted by molar-refractivity contribution is -0.178. The van der Waals surface area contributed by atoms with Crippen LogP contribution in [-0.2, 0) is 10.9 Å². The Balaban J connectivity index is 1.63. The van der Waals surface area contributed by atoms with E-state index in [0.29, 0.717) is 12.1 Å². The van der Waals surface area contributed by atoms with E-state index < -0.39 is 65.6 Å². The molecule has 0 amide bonds. The number of benzene rings is 2. The Bertz CT molecular complexity index is 1190. The maximum Gasteiger partial charge on any atom is 0.416 e. The van der Waals surface area contributed by atoms with Crippen molar-refractivity contribution in [2.24, 2.45) is 0 Å². The summed E-state index contributed by atoms with van der Waals surface area (Å²) < 4.78 is 86.1. The van der Waals surface area contributed by atoms with Crippen molar-refractivity contribution in [2.45, 2.75) is 40.9 Å². The minimum atomic E-state index is -4.59. The van der Waals surface area contributed by atoms with Gasteiger partial charge in [0.2, 0.25) is 0 Å². The van der Waals surface area contributed by atoms with Gasteiger partial charge in [-0.2, -0.15) is 13.2 Å². The molecule has 1 fully saturated rings. The molecule has 7 nitrogen and oxygen atoms in total. The van der Waals surface area contributed by atoms with E-state index in [1.807, 2.05) is 0 Å². The first kappa shape index (κ1) is 25.4. The predicted octanol–water partition coefficient (Wildman–Crippen LogP) is 3.15. The van der Waals surface area contributed by atoms with Crippen LogP contribution < -0.4 is 0 Å². The van der Waals surface area contributed by atoms with Gasteiger partial charge >= 0.3 is 6.18 Å². The molecular formula is C21H17F6N3O4S. The molecule has 14 heteroatoms. The largest absolute Gasteiger partial charge is 0.416 e. The van der Waals surface area contributed by atoms with E-state index in [9.17, 15) is 41.7 Å². The summed E-state index contributed by atoms with van der Waals surface area (Å²) in [5.74, 6) is -4.59. The Morgan fingerprint density at radius 3 is 2.34 bits per heavy atom. The number of alkyl halides is 3. The molecule has 0 radical (unpaired) electrons. The number of hydrogen-bond acceptors (Lipinski definition) is 7. The third-order valence-corrected chi connectivity index (χ3v) is 6.51. The van der Waals surface area contributed by atoms with Gasteiger partial charge in [-0.1, -0.05) is 23.0 Å². The van der Waals surface area contributed by atoms with Crippen molar-refractivity contribution in [2.75, 3.05) is 6.61 Å². The Morgan fingerprint density at radius 2 is 1.71 bits per heavy atom. The smallest absolute Gasteiger partial charge is 0.394 e. The first-order valence-electron chi connectivity index (χ1n) is 10.0. The lowest BCUT2D eigenvalue weighted by Crippen LogP contribution is -2.55. The van der Waals surface area contributed by atoms with Crippen molar-refractivity contribution >= 4 is 11.8 Å². The van der Waals surface area contributed by atoms with E-state index in [1.54, 1.807) is 0 Å². The Morgan fingerprint density at radius 1 is 1.03 bits per heavy atom. The number of ether oxygens (including phenoxy) is 1. The second kappa shape index (κ2) is 9.78. The molecule has 1 saturated heterocycles. The number of hydrogen-bond donors (Lipinski definition) is 3. The quantitative estimate of drug-likeness (QED) is 0.350. The highest BCUT2D eigenvalue weighted by molar-refractivity contribution is 7.99.